The molecule has 2 aromatic carbocycles. The number of fused-ring (bicyclic) bond motifs is 1. The molecule has 0 bridgehead atoms. The molecule has 3 heterocycles. The molecule has 0 saturated carbocycles. The van der Waals surface area contributed by atoms with Crippen LogP contribution in [0.3, 0.4) is 0 Å². The second-order valence-electron chi connectivity index (χ2n) is 9.65. The lowest BCUT2D eigenvalue weighted by Gasteiger charge is -2.38. The van der Waals surface area contributed by atoms with Gasteiger partial charge in [-0.15, -0.1) is 0 Å². The number of ether oxygens (including phenoxy) is 1. The van der Waals surface area contributed by atoms with Gasteiger partial charge in [0.1, 0.15) is 17.7 Å². The van der Waals surface area contributed by atoms with Crippen LogP contribution in [0.5, 0.6) is 5.75 Å². The maximum atomic E-state index is 14.6. The Morgan fingerprint density at radius 2 is 1.80 bits per heavy atom. The lowest BCUT2D eigenvalue weighted by atomic mass is 10.0. The number of likely N-dealkylation sites (tertiary alicyclic amines) is 1. The van der Waals surface area contributed by atoms with Crippen LogP contribution in [0.2, 0.25) is 0 Å². The summed E-state index contributed by atoms with van der Waals surface area (Å²) < 4.78 is 20.8. The number of amides is 2. The molecule has 8 heteroatoms. The van der Waals surface area contributed by atoms with Gasteiger partial charge in [0.2, 0.25) is 11.8 Å². The molecule has 0 radical (unpaired) electrons. The van der Waals surface area contributed by atoms with Crippen molar-refractivity contribution in [2.75, 3.05) is 45.8 Å². The topological polar surface area (TPSA) is 65.1 Å². The smallest absolute Gasteiger partial charge is 0.236 e. The average molecular weight is 481 g/mol. The van der Waals surface area contributed by atoms with Crippen molar-refractivity contribution in [1.29, 1.82) is 0 Å². The predicted octanol–water partition coefficient (Wildman–Crippen LogP) is 2.57. The van der Waals surface area contributed by atoms with E-state index in [0.717, 1.165) is 50.3 Å². The zero-order valence-electron chi connectivity index (χ0n) is 20.0. The van der Waals surface area contributed by atoms with Gasteiger partial charge in [0.25, 0.3) is 0 Å². The number of rotatable bonds is 4. The third-order valence-electron chi connectivity index (χ3n) is 7.35. The van der Waals surface area contributed by atoms with E-state index >= 15 is 0 Å². The molecule has 7 nitrogen and oxygen atoms in total. The highest BCUT2D eigenvalue weighted by atomic mass is 19.1. The third-order valence-corrected chi connectivity index (χ3v) is 7.35. The minimum absolute atomic E-state index is 0.0998. The van der Waals surface area contributed by atoms with Crippen molar-refractivity contribution >= 4 is 11.8 Å². The highest BCUT2D eigenvalue weighted by Gasteiger charge is 2.31. The van der Waals surface area contributed by atoms with Crippen LogP contribution in [-0.4, -0.2) is 78.4 Å². The zero-order valence-corrected chi connectivity index (χ0v) is 20.0. The third kappa shape index (κ3) is 5.65. The molecule has 1 N–H and O–H groups in total. The fraction of sp³-hybridized carbons (Fsp3) is 0.481. The van der Waals surface area contributed by atoms with Gasteiger partial charge in [-0.1, -0.05) is 36.4 Å². The molecular formula is C27H33FN4O3. The number of nitrogens with zero attached hydrogens (tertiary/aromatic N) is 3. The molecule has 2 fully saturated rings. The van der Waals surface area contributed by atoms with Crippen LogP contribution in [0.1, 0.15) is 36.5 Å². The number of hydrogen-bond donors (Lipinski definition) is 1. The molecule has 0 aliphatic carbocycles. The summed E-state index contributed by atoms with van der Waals surface area (Å²) in [4.78, 5) is 31.3. The number of hydrogen-bond acceptors (Lipinski definition) is 5. The Kier molecular flexibility index (Phi) is 7.29. The monoisotopic (exact) mass is 480 g/mol. The Morgan fingerprint density at radius 1 is 1.03 bits per heavy atom. The maximum absolute atomic E-state index is 14.6. The van der Waals surface area contributed by atoms with Crippen LogP contribution in [0.4, 0.5) is 4.39 Å². The summed E-state index contributed by atoms with van der Waals surface area (Å²) in [6, 6.07) is 14.9. The highest BCUT2D eigenvalue weighted by Crippen LogP contribution is 2.32. The molecule has 1 atom stereocenters. The van der Waals surface area contributed by atoms with Crippen LogP contribution < -0.4 is 10.1 Å². The molecular weight excluding hydrogens is 447 g/mol. The summed E-state index contributed by atoms with van der Waals surface area (Å²) in [5.41, 5.74) is 1.51. The van der Waals surface area contributed by atoms with Crippen molar-refractivity contribution in [3.63, 3.8) is 0 Å². The van der Waals surface area contributed by atoms with Gasteiger partial charge in [-0.25, -0.2) is 4.39 Å². The van der Waals surface area contributed by atoms with Crippen molar-refractivity contribution in [2.24, 2.45) is 0 Å². The Morgan fingerprint density at radius 3 is 2.63 bits per heavy atom. The Labute approximate surface area is 205 Å². The van der Waals surface area contributed by atoms with Crippen molar-refractivity contribution in [3.8, 4) is 5.75 Å². The van der Waals surface area contributed by atoms with Gasteiger partial charge >= 0.3 is 0 Å². The lowest BCUT2D eigenvalue weighted by molar-refractivity contribution is -0.134. The minimum atomic E-state index is -0.488. The summed E-state index contributed by atoms with van der Waals surface area (Å²) in [6.07, 6.45) is 1.90. The quantitative estimate of drug-likeness (QED) is 0.729. The fourth-order valence-corrected chi connectivity index (χ4v) is 5.42. The van der Waals surface area contributed by atoms with Gasteiger partial charge < -0.3 is 15.0 Å². The van der Waals surface area contributed by atoms with E-state index in [2.05, 4.69) is 15.1 Å². The van der Waals surface area contributed by atoms with Crippen molar-refractivity contribution in [1.82, 2.24) is 20.0 Å². The Hall–Kier alpha value is -2.97. The normalized spacial score (nSPS) is 22.5. The van der Waals surface area contributed by atoms with E-state index < -0.39 is 6.10 Å². The molecule has 0 aromatic heterocycles. The number of para-hydroxylation sites is 1. The molecule has 186 valence electrons. The SMILES string of the molecule is O=C1CCN(C2CCN(C(=O)CN3Cc4ccccc4O[C@H](c4ccccc4F)C3)CC2)CCN1. The van der Waals surface area contributed by atoms with Crippen LogP contribution in [0, 0.1) is 5.82 Å². The number of piperidine rings is 1. The van der Waals surface area contributed by atoms with E-state index in [9.17, 15) is 14.0 Å². The minimum Gasteiger partial charge on any atom is -0.484 e. The summed E-state index contributed by atoms with van der Waals surface area (Å²) in [7, 11) is 0. The summed E-state index contributed by atoms with van der Waals surface area (Å²) in [6.45, 7) is 5.09. The van der Waals surface area contributed by atoms with Crippen molar-refractivity contribution in [3.05, 3.63) is 65.5 Å². The van der Waals surface area contributed by atoms with Gasteiger partial charge in [-0.2, -0.15) is 0 Å². The molecule has 2 aromatic rings. The average Bonchev–Trinajstić information content (AvgIpc) is 3.20. The molecule has 5 rings (SSSR count). The molecule has 3 aliphatic heterocycles. The van der Waals surface area contributed by atoms with Gasteiger partial charge in [0, 0.05) is 69.4 Å². The van der Waals surface area contributed by atoms with Gasteiger partial charge in [-0.05, 0) is 25.0 Å². The fourth-order valence-electron chi connectivity index (χ4n) is 5.42. The second kappa shape index (κ2) is 10.7. The maximum Gasteiger partial charge on any atom is 0.236 e. The number of carbonyl (C=O) groups excluding carboxylic acids is 2. The molecule has 0 spiro atoms. The van der Waals surface area contributed by atoms with Crippen LogP contribution in [0.25, 0.3) is 0 Å². The van der Waals surface area contributed by atoms with E-state index in [0.29, 0.717) is 37.7 Å². The second-order valence-corrected chi connectivity index (χ2v) is 9.65. The summed E-state index contributed by atoms with van der Waals surface area (Å²) in [5, 5.41) is 2.93. The van der Waals surface area contributed by atoms with Crippen LogP contribution in [0.15, 0.2) is 48.5 Å². The van der Waals surface area contributed by atoms with E-state index in [1.54, 1.807) is 12.1 Å². The summed E-state index contributed by atoms with van der Waals surface area (Å²) in [5.74, 6) is 0.664. The Bertz CT molecular complexity index is 1060. The number of carbonyl (C=O) groups is 2. The molecule has 0 unspecified atom stereocenters. The zero-order chi connectivity index (χ0) is 24.2. The first-order valence-electron chi connectivity index (χ1n) is 12.6. The van der Waals surface area contributed by atoms with Crippen molar-refractivity contribution < 1.29 is 18.7 Å². The van der Waals surface area contributed by atoms with Gasteiger partial charge in [0.05, 0.1) is 6.54 Å². The van der Waals surface area contributed by atoms with Gasteiger partial charge in [-0.3, -0.25) is 19.4 Å². The predicted molar refractivity (Wildman–Crippen MR) is 130 cm³/mol. The van der Waals surface area contributed by atoms with E-state index in [1.807, 2.05) is 35.2 Å². The number of nitrogens with one attached hydrogen (secondary N) is 1. The Balaban J connectivity index is 1.23. The van der Waals surface area contributed by atoms with Crippen LogP contribution >= 0.6 is 0 Å². The molecule has 3 aliphatic rings. The van der Waals surface area contributed by atoms with E-state index in [1.165, 1.54) is 6.07 Å². The van der Waals surface area contributed by atoms with Crippen LogP contribution in [-0.2, 0) is 16.1 Å². The summed E-state index contributed by atoms with van der Waals surface area (Å²) >= 11 is 0. The highest BCUT2D eigenvalue weighted by molar-refractivity contribution is 5.78. The van der Waals surface area contributed by atoms with Gasteiger partial charge in [0.15, 0.2) is 0 Å². The number of halogens is 1. The van der Waals surface area contributed by atoms with Crippen molar-refractivity contribution in [2.45, 2.75) is 38.0 Å². The molecule has 2 saturated heterocycles. The first-order chi connectivity index (χ1) is 17.1. The molecule has 35 heavy (non-hydrogen) atoms. The first-order valence-corrected chi connectivity index (χ1v) is 12.6. The lowest BCUT2D eigenvalue weighted by Crippen LogP contribution is -2.49. The largest absolute Gasteiger partial charge is 0.484 e. The first kappa shape index (κ1) is 23.8. The van der Waals surface area contributed by atoms with E-state index in [4.69, 9.17) is 4.74 Å². The standard InChI is InChI=1S/C27H33FN4O3/c28-23-7-3-2-6-22(23)25-18-30(17-20-5-1-4-8-24(20)35-25)19-27(34)32-13-9-21(10-14-32)31-15-11-26(33)29-12-16-31/h1-8,21,25H,9-19H2,(H,29,33)/t25-/m0/s1. The van der Waals surface area contributed by atoms with E-state index in [-0.39, 0.29) is 24.2 Å². The molecule has 2 amide bonds. The number of benzene rings is 2.